The highest BCUT2D eigenvalue weighted by atomic mass is 32.1. The van der Waals surface area contributed by atoms with Gasteiger partial charge in [0.25, 0.3) is 5.91 Å². The first-order chi connectivity index (χ1) is 12.2. The topological polar surface area (TPSA) is 65.5 Å². The molecule has 0 radical (unpaired) electrons. The molecule has 0 aliphatic rings. The number of carbonyl (C=O) groups is 1. The van der Waals surface area contributed by atoms with Gasteiger partial charge in [0.15, 0.2) is 5.96 Å². The number of rotatable bonds is 8. The zero-order valence-electron chi connectivity index (χ0n) is 14.8. The molecule has 5 nitrogen and oxygen atoms in total. The molecule has 2 rings (SSSR count). The summed E-state index contributed by atoms with van der Waals surface area (Å²) in [5.74, 6) is 1.19. The second-order valence-corrected chi connectivity index (χ2v) is 6.59. The highest BCUT2D eigenvalue weighted by Gasteiger charge is 2.07. The second kappa shape index (κ2) is 10.5. The molecule has 1 heterocycles. The van der Waals surface area contributed by atoms with Crippen LogP contribution in [0, 0.1) is 0 Å². The highest BCUT2D eigenvalue weighted by molar-refractivity contribution is 7.07. The predicted molar refractivity (Wildman–Crippen MR) is 105 cm³/mol. The third kappa shape index (κ3) is 6.58. The molecule has 0 fully saturated rings. The van der Waals surface area contributed by atoms with Crippen molar-refractivity contribution in [3.8, 4) is 0 Å². The molecule has 1 aromatic carbocycles. The average Bonchev–Trinajstić information content (AvgIpc) is 3.19. The van der Waals surface area contributed by atoms with Gasteiger partial charge in [0.1, 0.15) is 0 Å². The Morgan fingerprint density at radius 2 is 1.88 bits per heavy atom. The molecule has 1 unspecified atom stereocenters. The standard InChI is InChI=1S/C19H26N4OS/c1-15(17-9-12-25-14-17)13-23-19(20-2)22-11-6-10-21-18(24)16-7-4-3-5-8-16/h3-5,7-9,12,14-15H,6,10-11,13H2,1-2H3,(H,21,24)(H2,20,22,23). The van der Waals surface area contributed by atoms with E-state index in [1.807, 2.05) is 30.3 Å². The number of carbonyl (C=O) groups excluding carboxylic acids is 1. The zero-order chi connectivity index (χ0) is 17.9. The molecule has 3 N–H and O–H groups in total. The number of thiophene rings is 1. The van der Waals surface area contributed by atoms with E-state index in [4.69, 9.17) is 0 Å². The van der Waals surface area contributed by atoms with Crippen molar-refractivity contribution in [1.29, 1.82) is 0 Å². The third-order valence-electron chi connectivity index (χ3n) is 3.88. The van der Waals surface area contributed by atoms with Crippen LogP contribution < -0.4 is 16.0 Å². The summed E-state index contributed by atoms with van der Waals surface area (Å²) in [5, 5.41) is 13.8. The van der Waals surface area contributed by atoms with Crippen molar-refractivity contribution in [3.05, 3.63) is 58.3 Å². The lowest BCUT2D eigenvalue weighted by Crippen LogP contribution is -2.40. The Morgan fingerprint density at radius 3 is 2.56 bits per heavy atom. The van der Waals surface area contributed by atoms with Crippen LogP contribution in [0.1, 0.15) is 35.2 Å². The summed E-state index contributed by atoms with van der Waals surface area (Å²) in [6, 6.07) is 11.4. The van der Waals surface area contributed by atoms with Gasteiger partial charge in [-0.2, -0.15) is 11.3 Å². The minimum absolute atomic E-state index is 0.0345. The fourth-order valence-electron chi connectivity index (χ4n) is 2.33. The van der Waals surface area contributed by atoms with E-state index < -0.39 is 0 Å². The molecule has 0 spiro atoms. The number of hydrogen-bond donors (Lipinski definition) is 3. The minimum atomic E-state index is -0.0345. The number of nitrogens with zero attached hydrogens (tertiary/aromatic N) is 1. The van der Waals surface area contributed by atoms with Crippen molar-refractivity contribution >= 4 is 23.2 Å². The molecule has 1 aromatic heterocycles. The van der Waals surface area contributed by atoms with Gasteiger partial charge in [0, 0.05) is 32.2 Å². The van der Waals surface area contributed by atoms with Crippen molar-refractivity contribution in [2.45, 2.75) is 19.3 Å². The quantitative estimate of drug-likeness (QED) is 0.386. The van der Waals surface area contributed by atoms with Crippen molar-refractivity contribution < 1.29 is 4.79 Å². The van der Waals surface area contributed by atoms with E-state index in [9.17, 15) is 4.79 Å². The van der Waals surface area contributed by atoms with Gasteiger partial charge < -0.3 is 16.0 Å². The fraction of sp³-hybridized carbons (Fsp3) is 0.368. The van der Waals surface area contributed by atoms with Crippen LogP contribution in [0.3, 0.4) is 0 Å². The van der Waals surface area contributed by atoms with Crippen LogP contribution in [0.2, 0.25) is 0 Å². The second-order valence-electron chi connectivity index (χ2n) is 5.81. The van der Waals surface area contributed by atoms with E-state index in [0.29, 0.717) is 18.0 Å². The van der Waals surface area contributed by atoms with E-state index in [1.165, 1.54) is 5.56 Å². The molecular weight excluding hydrogens is 332 g/mol. The molecule has 6 heteroatoms. The van der Waals surface area contributed by atoms with E-state index in [0.717, 1.165) is 25.5 Å². The summed E-state index contributed by atoms with van der Waals surface area (Å²) in [6.07, 6.45) is 0.833. The molecule has 0 bridgehead atoms. The first-order valence-corrected chi connectivity index (χ1v) is 9.45. The predicted octanol–water partition coefficient (Wildman–Crippen LogP) is 2.84. The van der Waals surface area contributed by atoms with E-state index in [1.54, 1.807) is 18.4 Å². The number of amides is 1. The maximum atomic E-state index is 11.9. The summed E-state index contributed by atoms with van der Waals surface area (Å²) < 4.78 is 0. The largest absolute Gasteiger partial charge is 0.356 e. The maximum Gasteiger partial charge on any atom is 0.251 e. The molecule has 1 amide bonds. The van der Waals surface area contributed by atoms with Gasteiger partial charge in [-0.3, -0.25) is 9.79 Å². The number of hydrogen-bond acceptors (Lipinski definition) is 3. The Bertz CT molecular complexity index is 655. The molecule has 2 aromatic rings. The van der Waals surface area contributed by atoms with E-state index in [-0.39, 0.29) is 5.91 Å². The zero-order valence-corrected chi connectivity index (χ0v) is 15.6. The first kappa shape index (κ1) is 19.0. The van der Waals surface area contributed by atoms with Crippen LogP contribution in [0.25, 0.3) is 0 Å². The molecular formula is C19H26N4OS. The van der Waals surface area contributed by atoms with Crippen LogP contribution in [0.4, 0.5) is 0 Å². The summed E-state index contributed by atoms with van der Waals surface area (Å²) in [4.78, 5) is 16.2. The average molecular weight is 359 g/mol. The van der Waals surface area contributed by atoms with Gasteiger partial charge in [-0.1, -0.05) is 25.1 Å². The molecule has 134 valence electrons. The lowest BCUT2D eigenvalue weighted by atomic mass is 10.1. The highest BCUT2D eigenvalue weighted by Crippen LogP contribution is 2.16. The normalized spacial score (nSPS) is 12.5. The van der Waals surface area contributed by atoms with E-state index in [2.05, 4.69) is 44.7 Å². The number of benzene rings is 1. The lowest BCUT2D eigenvalue weighted by Gasteiger charge is -2.15. The Balaban J connectivity index is 1.60. The minimum Gasteiger partial charge on any atom is -0.356 e. The van der Waals surface area contributed by atoms with Gasteiger partial charge in [-0.25, -0.2) is 0 Å². The Morgan fingerprint density at radius 1 is 1.12 bits per heavy atom. The van der Waals surface area contributed by atoms with Crippen LogP contribution in [0.5, 0.6) is 0 Å². The summed E-state index contributed by atoms with van der Waals surface area (Å²) in [7, 11) is 1.77. The monoisotopic (exact) mass is 358 g/mol. The van der Waals surface area contributed by atoms with Crippen molar-refractivity contribution in [3.63, 3.8) is 0 Å². The van der Waals surface area contributed by atoms with Crippen molar-refractivity contribution in [2.75, 3.05) is 26.7 Å². The fourth-order valence-corrected chi connectivity index (χ4v) is 3.11. The molecule has 0 saturated carbocycles. The van der Waals surface area contributed by atoms with Gasteiger partial charge in [0.2, 0.25) is 0 Å². The van der Waals surface area contributed by atoms with Crippen LogP contribution in [-0.2, 0) is 0 Å². The molecule has 1 atom stereocenters. The molecule has 0 aliphatic heterocycles. The Kier molecular flexibility index (Phi) is 7.98. The molecule has 0 saturated heterocycles. The van der Waals surface area contributed by atoms with E-state index >= 15 is 0 Å². The van der Waals surface area contributed by atoms with Gasteiger partial charge >= 0.3 is 0 Å². The molecule has 25 heavy (non-hydrogen) atoms. The maximum absolute atomic E-state index is 11.9. The van der Waals surface area contributed by atoms with Crippen molar-refractivity contribution in [1.82, 2.24) is 16.0 Å². The number of nitrogens with one attached hydrogen (secondary N) is 3. The number of guanidine groups is 1. The third-order valence-corrected chi connectivity index (χ3v) is 4.58. The smallest absolute Gasteiger partial charge is 0.251 e. The summed E-state index contributed by atoms with van der Waals surface area (Å²) in [6.45, 7) is 4.41. The van der Waals surface area contributed by atoms with Crippen LogP contribution in [0.15, 0.2) is 52.2 Å². The van der Waals surface area contributed by atoms with Crippen molar-refractivity contribution in [2.24, 2.45) is 4.99 Å². The SMILES string of the molecule is CN=C(NCCCNC(=O)c1ccccc1)NCC(C)c1ccsc1. The van der Waals surface area contributed by atoms with Crippen LogP contribution in [-0.4, -0.2) is 38.5 Å². The summed E-state index contributed by atoms with van der Waals surface area (Å²) in [5.41, 5.74) is 2.03. The Hall–Kier alpha value is -2.34. The van der Waals surface area contributed by atoms with Gasteiger partial charge in [-0.15, -0.1) is 0 Å². The first-order valence-electron chi connectivity index (χ1n) is 8.50. The number of aliphatic imine (C=N–C) groups is 1. The Labute approximate surface area is 153 Å². The lowest BCUT2D eigenvalue weighted by molar-refractivity contribution is 0.0953. The van der Waals surface area contributed by atoms with Gasteiger partial charge in [-0.05, 0) is 46.9 Å². The summed E-state index contributed by atoms with van der Waals surface area (Å²) >= 11 is 1.72. The van der Waals surface area contributed by atoms with Gasteiger partial charge in [0.05, 0.1) is 0 Å². The van der Waals surface area contributed by atoms with Crippen LogP contribution >= 0.6 is 11.3 Å². The molecule has 0 aliphatic carbocycles.